The number of carbonyl (C=O) groups is 1. The minimum Gasteiger partial charge on any atom is -0.370 e. The predicted molar refractivity (Wildman–Crippen MR) is 69.4 cm³/mol. The van der Waals surface area contributed by atoms with Crippen molar-refractivity contribution in [1.29, 1.82) is 0 Å². The van der Waals surface area contributed by atoms with Crippen LogP contribution in [-0.2, 0) is 4.79 Å². The minimum atomic E-state index is 0.0570. The zero-order chi connectivity index (χ0) is 13.0. The van der Waals surface area contributed by atoms with Crippen molar-refractivity contribution in [2.24, 2.45) is 16.6 Å². The number of carbonyl (C=O) groups excluding carboxylic acids is 1. The molecule has 0 fully saturated rings. The van der Waals surface area contributed by atoms with Gasteiger partial charge in [0.05, 0.1) is 0 Å². The normalized spacial score (nSPS) is 12.2. The second kappa shape index (κ2) is 11.8. The van der Waals surface area contributed by atoms with E-state index in [2.05, 4.69) is 15.6 Å². The molecule has 0 aromatic carbocycles. The van der Waals surface area contributed by atoms with Gasteiger partial charge in [0.25, 0.3) is 0 Å². The van der Waals surface area contributed by atoms with E-state index in [0.29, 0.717) is 5.96 Å². The number of nitrogens with two attached hydrogens (primary N) is 1. The Kier molecular flexibility index (Phi) is 12.7. The van der Waals surface area contributed by atoms with Crippen LogP contribution in [0.1, 0.15) is 33.6 Å². The summed E-state index contributed by atoms with van der Waals surface area (Å²) in [7, 11) is 3.29. The Morgan fingerprint density at radius 1 is 1.44 bits per heavy atom. The van der Waals surface area contributed by atoms with Crippen molar-refractivity contribution in [1.82, 2.24) is 10.6 Å². The van der Waals surface area contributed by atoms with Gasteiger partial charge in [-0.2, -0.15) is 0 Å². The van der Waals surface area contributed by atoms with Crippen LogP contribution in [0.2, 0.25) is 0 Å². The third kappa shape index (κ3) is 9.30. The summed E-state index contributed by atoms with van der Waals surface area (Å²) in [5.41, 5.74) is 5.44. The van der Waals surface area contributed by atoms with E-state index >= 15 is 0 Å². The Bertz CT molecular complexity index is 204. The molecule has 1 amide bonds. The number of aliphatic imine (C=N–C) groups is 1. The molecular weight excluding hydrogens is 204 g/mol. The molecule has 0 aromatic heterocycles. The van der Waals surface area contributed by atoms with Crippen molar-refractivity contribution >= 4 is 11.9 Å². The van der Waals surface area contributed by atoms with E-state index in [1.165, 1.54) is 0 Å². The molecule has 16 heavy (non-hydrogen) atoms. The number of hydrogen-bond donors (Lipinski definition) is 3. The van der Waals surface area contributed by atoms with Gasteiger partial charge in [-0.1, -0.05) is 20.8 Å². The fourth-order valence-corrected chi connectivity index (χ4v) is 1.08. The van der Waals surface area contributed by atoms with Crippen molar-refractivity contribution < 1.29 is 4.79 Å². The summed E-state index contributed by atoms with van der Waals surface area (Å²) in [6.07, 6.45) is 1.76. The van der Waals surface area contributed by atoms with Gasteiger partial charge in [0.15, 0.2) is 5.96 Å². The molecule has 0 spiro atoms. The van der Waals surface area contributed by atoms with Crippen LogP contribution in [0.4, 0.5) is 0 Å². The molecule has 0 aliphatic rings. The molecule has 0 aliphatic heterocycles. The summed E-state index contributed by atoms with van der Waals surface area (Å²) in [5, 5.41) is 5.56. The van der Waals surface area contributed by atoms with Crippen LogP contribution in [0.5, 0.6) is 0 Å². The number of nitrogens with zero attached hydrogens (tertiary/aromatic N) is 1. The second-order valence-corrected chi connectivity index (χ2v) is 3.19. The van der Waals surface area contributed by atoms with E-state index < -0.39 is 0 Å². The zero-order valence-electron chi connectivity index (χ0n) is 11.1. The van der Waals surface area contributed by atoms with Crippen LogP contribution in [0.3, 0.4) is 0 Å². The van der Waals surface area contributed by atoms with Gasteiger partial charge in [-0.25, -0.2) is 0 Å². The Labute approximate surface area is 98.9 Å². The number of rotatable bonds is 5. The zero-order valence-corrected chi connectivity index (χ0v) is 11.1. The fourth-order valence-electron chi connectivity index (χ4n) is 1.08. The van der Waals surface area contributed by atoms with Gasteiger partial charge >= 0.3 is 0 Å². The highest BCUT2D eigenvalue weighted by molar-refractivity contribution is 5.78. The number of amides is 1. The quantitative estimate of drug-likeness (QED) is 0.370. The van der Waals surface area contributed by atoms with Crippen LogP contribution in [-0.4, -0.2) is 32.5 Å². The molecule has 1 unspecified atom stereocenters. The van der Waals surface area contributed by atoms with E-state index in [-0.39, 0.29) is 11.8 Å². The van der Waals surface area contributed by atoms with Crippen molar-refractivity contribution in [2.75, 3.05) is 20.6 Å². The molecular formula is C11H26N4O. The first-order valence-corrected chi connectivity index (χ1v) is 5.79. The van der Waals surface area contributed by atoms with Crippen LogP contribution < -0.4 is 16.4 Å². The lowest BCUT2D eigenvalue weighted by Gasteiger charge is -2.09. The largest absolute Gasteiger partial charge is 0.370 e. The first-order chi connectivity index (χ1) is 7.61. The highest BCUT2D eigenvalue weighted by atomic mass is 16.1. The lowest BCUT2D eigenvalue weighted by atomic mass is 10.1. The minimum absolute atomic E-state index is 0.0570. The Hall–Kier alpha value is -1.26. The molecule has 4 N–H and O–H groups in total. The summed E-state index contributed by atoms with van der Waals surface area (Å²) in [6.45, 7) is 6.67. The molecule has 5 nitrogen and oxygen atoms in total. The van der Waals surface area contributed by atoms with Crippen LogP contribution in [0.15, 0.2) is 4.99 Å². The monoisotopic (exact) mass is 230 g/mol. The SMILES string of the molecule is CC.CN=C(N)NCCCC(C)C(=O)NC. The van der Waals surface area contributed by atoms with Gasteiger partial charge < -0.3 is 16.4 Å². The molecule has 0 rings (SSSR count). The molecule has 0 aliphatic carbocycles. The standard InChI is InChI=1S/C9H20N4O.C2H6/c1-7(8(14)11-2)5-4-6-13-9(10)12-3;1-2/h7H,4-6H2,1-3H3,(H,11,14)(H3,10,12,13);1-2H3. The molecule has 0 bridgehead atoms. The molecule has 0 heterocycles. The van der Waals surface area contributed by atoms with E-state index in [0.717, 1.165) is 19.4 Å². The molecule has 0 aromatic rings. The fraction of sp³-hybridized carbons (Fsp3) is 0.818. The summed E-state index contributed by atoms with van der Waals surface area (Å²) in [5.74, 6) is 0.585. The second-order valence-electron chi connectivity index (χ2n) is 3.19. The lowest BCUT2D eigenvalue weighted by Crippen LogP contribution is -2.32. The van der Waals surface area contributed by atoms with Gasteiger partial charge in [-0.3, -0.25) is 9.79 Å². The first-order valence-electron chi connectivity index (χ1n) is 5.79. The van der Waals surface area contributed by atoms with Crippen molar-refractivity contribution in [3.05, 3.63) is 0 Å². The van der Waals surface area contributed by atoms with Gasteiger partial charge in [0.1, 0.15) is 0 Å². The summed E-state index contributed by atoms with van der Waals surface area (Å²) < 4.78 is 0. The van der Waals surface area contributed by atoms with E-state index in [4.69, 9.17) is 5.73 Å². The van der Waals surface area contributed by atoms with Crippen LogP contribution >= 0.6 is 0 Å². The number of nitrogens with one attached hydrogen (secondary N) is 2. The molecule has 1 atom stereocenters. The van der Waals surface area contributed by atoms with Gasteiger partial charge in [0, 0.05) is 26.6 Å². The Balaban J connectivity index is 0. The summed E-state index contributed by atoms with van der Waals surface area (Å²) in [4.78, 5) is 14.9. The van der Waals surface area contributed by atoms with Crippen LogP contribution in [0.25, 0.3) is 0 Å². The highest BCUT2D eigenvalue weighted by Gasteiger charge is 2.09. The maximum Gasteiger partial charge on any atom is 0.222 e. The van der Waals surface area contributed by atoms with Crippen molar-refractivity contribution in [3.8, 4) is 0 Å². The van der Waals surface area contributed by atoms with Crippen molar-refractivity contribution in [3.63, 3.8) is 0 Å². The van der Waals surface area contributed by atoms with E-state index in [1.54, 1.807) is 14.1 Å². The molecule has 0 saturated heterocycles. The lowest BCUT2D eigenvalue weighted by molar-refractivity contribution is -0.124. The smallest absolute Gasteiger partial charge is 0.222 e. The third-order valence-corrected chi connectivity index (χ3v) is 2.05. The summed E-state index contributed by atoms with van der Waals surface area (Å²) >= 11 is 0. The summed E-state index contributed by atoms with van der Waals surface area (Å²) in [6, 6.07) is 0. The first kappa shape index (κ1) is 17.1. The molecule has 0 saturated carbocycles. The number of guanidine groups is 1. The van der Waals surface area contributed by atoms with Crippen molar-refractivity contribution in [2.45, 2.75) is 33.6 Å². The van der Waals surface area contributed by atoms with Gasteiger partial charge in [0.2, 0.25) is 5.91 Å². The highest BCUT2D eigenvalue weighted by Crippen LogP contribution is 2.03. The maximum absolute atomic E-state index is 11.1. The topological polar surface area (TPSA) is 79.5 Å². The Morgan fingerprint density at radius 3 is 2.44 bits per heavy atom. The van der Waals surface area contributed by atoms with Gasteiger partial charge in [-0.05, 0) is 12.8 Å². The van der Waals surface area contributed by atoms with Crippen LogP contribution in [0, 0.1) is 5.92 Å². The third-order valence-electron chi connectivity index (χ3n) is 2.05. The van der Waals surface area contributed by atoms with E-state index in [1.807, 2.05) is 20.8 Å². The average Bonchev–Trinajstić information content (AvgIpc) is 2.35. The number of hydrogen-bond acceptors (Lipinski definition) is 2. The predicted octanol–water partition coefficient (Wildman–Crippen LogP) is 0.709. The molecule has 96 valence electrons. The molecule has 0 radical (unpaired) electrons. The Morgan fingerprint density at radius 2 is 2.00 bits per heavy atom. The molecule has 5 heteroatoms. The average molecular weight is 230 g/mol. The maximum atomic E-state index is 11.1. The van der Waals surface area contributed by atoms with Gasteiger partial charge in [-0.15, -0.1) is 0 Å². The van der Waals surface area contributed by atoms with E-state index in [9.17, 15) is 4.79 Å².